The van der Waals surface area contributed by atoms with Gasteiger partial charge in [0.1, 0.15) is 5.82 Å². The second kappa shape index (κ2) is 4.99. The fourth-order valence-electron chi connectivity index (χ4n) is 2.22. The van der Waals surface area contributed by atoms with E-state index in [4.69, 9.17) is 11.6 Å². The molecular formula is C15H12BrClN2. The summed E-state index contributed by atoms with van der Waals surface area (Å²) in [7, 11) is 0. The van der Waals surface area contributed by atoms with E-state index in [2.05, 4.69) is 51.0 Å². The molecule has 0 bridgehead atoms. The van der Waals surface area contributed by atoms with Gasteiger partial charge in [-0.25, -0.2) is 4.98 Å². The zero-order valence-electron chi connectivity index (χ0n) is 10.4. The van der Waals surface area contributed by atoms with E-state index < -0.39 is 0 Å². The van der Waals surface area contributed by atoms with Crippen LogP contribution in [0, 0.1) is 6.92 Å². The average Bonchev–Trinajstić information content (AvgIpc) is 2.71. The Kier molecular flexibility index (Phi) is 3.33. The summed E-state index contributed by atoms with van der Waals surface area (Å²) in [6.07, 6.45) is 0.756. The Bertz CT molecular complexity index is 749. The van der Waals surface area contributed by atoms with E-state index in [1.165, 1.54) is 0 Å². The van der Waals surface area contributed by atoms with Crippen molar-refractivity contribution in [3.05, 3.63) is 62.8 Å². The molecule has 1 N–H and O–H groups in total. The topological polar surface area (TPSA) is 28.7 Å². The number of aromatic nitrogens is 2. The minimum absolute atomic E-state index is 0.756. The van der Waals surface area contributed by atoms with Crippen molar-refractivity contribution in [2.24, 2.45) is 0 Å². The molecule has 0 saturated heterocycles. The SMILES string of the molecule is Cc1cc(Br)cc2[nH]c(Cc3cccc(Cl)c3)nc12. The summed E-state index contributed by atoms with van der Waals surface area (Å²) in [6, 6.07) is 12.0. The Morgan fingerprint density at radius 1 is 1.26 bits per heavy atom. The summed E-state index contributed by atoms with van der Waals surface area (Å²) >= 11 is 9.50. The smallest absolute Gasteiger partial charge is 0.111 e. The summed E-state index contributed by atoms with van der Waals surface area (Å²) in [4.78, 5) is 8.02. The molecule has 1 heterocycles. The van der Waals surface area contributed by atoms with E-state index in [-0.39, 0.29) is 0 Å². The van der Waals surface area contributed by atoms with Crippen LogP contribution >= 0.6 is 27.5 Å². The second-order valence-corrected chi connectivity index (χ2v) is 5.96. The van der Waals surface area contributed by atoms with Gasteiger partial charge in [0.2, 0.25) is 0 Å². The summed E-state index contributed by atoms with van der Waals surface area (Å²) in [6.45, 7) is 2.07. The Morgan fingerprint density at radius 3 is 2.89 bits per heavy atom. The van der Waals surface area contributed by atoms with Gasteiger partial charge in [0, 0.05) is 15.9 Å². The molecule has 2 aromatic carbocycles. The van der Waals surface area contributed by atoms with Crippen molar-refractivity contribution in [1.82, 2.24) is 9.97 Å². The van der Waals surface area contributed by atoms with E-state index in [0.29, 0.717) is 0 Å². The van der Waals surface area contributed by atoms with Gasteiger partial charge in [-0.05, 0) is 42.3 Å². The second-order valence-electron chi connectivity index (χ2n) is 4.61. The number of hydrogen-bond acceptors (Lipinski definition) is 1. The number of aryl methyl sites for hydroxylation is 1. The fraction of sp³-hybridized carbons (Fsp3) is 0.133. The van der Waals surface area contributed by atoms with Crippen molar-refractivity contribution in [3.63, 3.8) is 0 Å². The lowest BCUT2D eigenvalue weighted by molar-refractivity contribution is 1.04. The number of aromatic amines is 1. The number of fused-ring (bicyclic) bond motifs is 1. The zero-order valence-corrected chi connectivity index (χ0v) is 12.7. The quantitative estimate of drug-likeness (QED) is 0.710. The maximum Gasteiger partial charge on any atom is 0.111 e. The summed E-state index contributed by atoms with van der Waals surface area (Å²) < 4.78 is 1.07. The predicted molar refractivity (Wildman–Crippen MR) is 82.8 cm³/mol. The normalized spacial score (nSPS) is 11.1. The highest BCUT2D eigenvalue weighted by atomic mass is 79.9. The summed E-state index contributed by atoms with van der Waals surface area (Å²) in [5.74, 6) is 0.957. The first kappa shape index (κ1) is 12.7. The number of nitrogens with zero attached hydrogens (tertiary/aromatic N) is 1. The van der Waals surface area contributed by atoms with Crippen molar-refractivity contribution in [1.29, 1.82) is 0 Å². The lowest BCUT2D eigenvalue weighted by atomic mass is 10.1. The van der Waals surface area contributed by atoms with Crippen molar-refractivity contribution >= 4 is 38.6 Å². The van der Waals surface area contributed by atoms with Crippen molar-refractivity contribution in [2.75, 3.05) is 0 Å². The van der Waals surface area contributed by atoms with Crippen LogP contribution in [0.1, 0.15) is 17.0 Å². The maximum atomic E-state index is 6.00. The minimum Gasteiger partial charge on any atom is -0.342 e. The molecule has 4 heteroatoms. The number of rotatable bonds is 2. The Balaban J connectivity index is 2.00. The predicted octanol–water partition coefficient (Wildman–Crippen LogP) is 4.88. The molecule has 0 amide bonds. The molecule has 2 nitrogen and oxygen atoms in total. The van der Waals surface area contributed by atoms with Gasteiger partial charge in [-0.3, -0.25) is 0 Å². The van der Waals surface area contributed by atoms with Crippen LogP contribution < -0.4 is 0 Å². The molecule has 3 aromatic rings. The van der Waals surface area contributed by atoms with Gasteiger partial charge in [0.05, 0.1) is 11.0 Å². The molecule has 0 fully saturated rings. The monoisotopic (exact) mass is 334 g/mol. The maximum absolute atomic E-state index is 6.00. The van der Waals surface area contributed by atoms with Gasteiger partial charge in [-0.2, -0.15) is 0 Å². The third kappa shape index (κ3) is 2.67. The lowest BCUT2D eigenvalue weighted by Crippen LogP contribution is -1.90. The summed E-state index contributed by atoms with van der Waals surface area (Å²) in [5.41, 5.74) is 4.41. The Hall–Kier alpha value is -1.32. The van der Waals surface area contributed by atoms with E-state index in [9.17, 15) is 0 Å². The highest BCUT2D eigenvalue weighted by Crippen LogP contribution is 2.23. The fourth-order valence-corrected chi connectivity index (χ4v) is 3.01. The van der Waals surface area contributed by atoms with Gasteiger partial charge in [0.15, 0.2) is 0 Å². The molecule has 0 aliphatic rings. The van der Waals surface area contributed by atoms with Crippen LogP contribution in [0.2, 0.25) is 5.02 Å². The van der Waals surface area contributed by atoms with Crippen LogP contribution in [0.25, 0.3) is 11.0 Å². The third-order valence-electron chi connectivity index (χ3n) is 3.05. The molecule has 1 aromatic heterocycles. The number of H-pyrrole nitrogens is 1. The number of imidazole rings is 1. The first-order valence-corrected chi connectivity index (χ1v) is 7.18. The van der Waals surface area contributed by atoms with Gasteiger partial charge in [0.25, 0.3) is 0 Å². The first-order valence-electron chi connectivity index (χ1n) is 6.01. The van der Waals surface area contributed by atoms with Crippen LogP contribution in [0.4, 0.5) is 0 Å². The van der Waals surface area contributed by atoms with Crippen LogP contribution in [0.15, 0.2) is 40.9 Å². The highest BCUT2D eigenvalue weighted by molar-refractivity contribution is 9.10. The molecule has 0 aliphatic heterocycles. The van der Waals surface area contributed by atoms with Gasteiger partial charge >= 0.3 is 0 Å². The van der Waals surface area contributed by atoms with Crippen LogP contribution in [-0.2, 0) is 6.42 Å². The van der Waals surface area contributed by atoms with E-state index in [1.54, 1.807) is 0 Å². The van der Waals surface area contributed by atoms with Gasteiger partial charge in [-0.1, -0.05) is 39.7 Å². The molecule has 96 valence electrons. The van der Waals surface area contributed by atoms with Crippen molar-refractivity contribution in [3.8, 4) is 0 Å². The van der Waals surface area contributed by atoms with Crippen molar-refractivity contribution in [2.45, 2.75) is 13.3 Å². The van der Waals surface area contributed by atoms with E-state index in [0.717, 1.165) is 43.9 Å². The van der Waals surface area contributed by atoms with Crippen LogP contribution in [0.3, 0.4) is 0 Å². The molecule has 3 rings (SSSR count). The Morgan fingerprint density at radius 2 is 2.11 bits per heavy atom. The lowest BCUT2D eigenvalue weighted by Gasteiger charge is -1.98. The number of hydrogen-bond donors (Lipinski definition) is 1. The zero-order chi connectivity index (χ0) is 13.4. The van der Waals surface area contributed by atoms with Crippen molar-refractivity contribution < 1.29 is 0 Å². The van der Waals surface area contributed by atoms with Crippen LogP contribution in [-0.4, -0.2) is 9.97 Å². The Labute approximate surface area is 124 Å². The molecule has 0 unspecified atom stereocenters. The molecule has 0 atom stereocenters. The molecular weight excluding hydrogens is 324 g/mol. The molecule has 0 aliphatic carbocycles. The highest BCUT2D eigenvalue weighted by Gasteiger charge is 2.07. The molecule has 0 radical (unpaired) electrons. The standard InChI is InChI=1S/C15H12BrClN2/c1-9-5-11(16)8-13-15(9)19-14(18-13)7-10-3-2-4-12(17)6-10/h2-6,8H,7H2,1H3,(H,18,19). The number of nitrogens with one attached hydrogen (secondary N) is 1. The molecule has 0 saturated carbocycles. The average molecular weight is 336 g/mol. The molecule has 19 heavy (non-hydrogen) atoms. The summed E-state index contributed by atoms with van der Waals surface area (Å²) in [5, 5.41) is 0.757. The largest absolute Gasteiger partial charge is 0.342 e. The number of benzene rings is 2. The molecule has 0 spiro atoms. The van der Waals surface area contributed by atoms with Gasteiger partial charge < -0.3 is 4.98 Å². The van der Waals surface area contributed by atoms with E-state index >= 15 is 0 Å². The number of halogens is 2. The minimum atomic E-state index is 0.756. The van der Waals surface area contributed by atoms with Crippen LogP contribution in [0.5, 0.6) is 0 Å². The third-order valence-corrected chi connectivity index (χ3v) is 3.74. The first-order chi connectivity index (χ1) is 9.11. The van der Waals surface area contributed by atoms with E-state index in [1.807, 2.05) is 18.2 Å². The van der Waals surface area contributed by atoms with Gasteiger partial charge in [-0.15, -0.1) is 0 Å².